The summed E-state index contributed by atoms with van der Waals surface area (Å²) in [5.41, 5.74) is 2.74. The summed E-state index contributed by atoms with van der Waals surface area (Å²) in [6.45, 7) is 1.99. The van der Waals surface area contributed by atoms with Crippen molar-refractivity contribution in [3.8, 4) is 0 Å². The van der Waals surface area contributed by atoms with Gasteiger partial charge in [0.2, 0.25) is 5.13 Å². The van der Waals surface area contributed by atoms with E-state index in [0.717, 1.165) is 11.1 Å². The summed E-state index contributed by atoms with van der Waals surface area (Å²) in [6.07, 6.45) is 3.67. The minimum absolute atomic E-state index is 0.360. The second-order valence-electron chi connectivity index (χ2n) is 5.25. The molecule has 0 fully saturated rings. The van der Waals surface area contributed by atoms with E-state index in [1.807, 2.05) is 67.6 Å². The fourth-order valence-electron chi connectivity index (χ4n) is 2.02. The van der Waals surface area contributed by atoms with Gasteiger partial charge in [-0.2, -0.15) is 0 Å². The van der Waals surface area contributed by atoms with Gasteiger partial charge in [-0.15, -0.1) is 10.2 Å². The van der Waals surface area contributed by atoms with Crippen molar-refractivity contribution < 1.29 is 4.79 Å². The number of carbonyl (C=O) groups excluding carboxylic acids is 1. The average molecular weight is 371 g/mol. The molecule has 1 aromatic heterocycles. The third-order valence-corrected chi connectivity index (χ3v) is 4.43. The first-order chi connectivity index (χ1) is 12.1. The second kappa shape index (κ2) is 7.92. The zero-order valence-corrected chi connectivity index (χ0v) is 14.9. The second-order valence-corrected chi connectivity index (χ2v) is 6.66. The molecule has 0 unspecified atom stereocenters. The Morgan fingerprint density at radius 1 is 1.04 bits per heavy atom. The number of nitrogens with zero attached hydrogens (tertiary/aromatic N) is 2. The molecule has 7 heteroatoms. The van der Waals surface area contributed by atoms with Gasteiger partial charge in [0, 0.05) is 10.7 Å². The van der Waals surface area contributed by atoms with Crippen LogP contribution in [0.5, 0.6) is 0 Å². The molecule has 0 saturated heterocycles. The van der Waals surface area contributed by atoms with Crippen molar-refractivity contribution in [3.63, 3.8) is 0 Å². The van der Waals surface area contributed by atoms with Gasteiger partial charge in [0.1, 0.15) is 5.01 Å². The van der Waals surface area contributed by atoms with Crippen LogP contribution in [0.15, 0.2) is 48.5 Å². The van der Waals surface area contributed by atoms with Gasteiger partial charge in [-0.3, -0.25) is 5.32 Å². The van der Waals surface area contributed by atoms with Crippen LogP contribution in [0.3, 0.4) is 0 Å². The molecule has 0 aliphatic heterocycles. The van der Waals surface area contributed by atoms with Crippen molar-refractivity contribution in [1.29, 1.82) is 0 Å². The van der Waals surface area contributed by atoms with Gasteiger partial charge in [-0.1, -0.05) is 64.9 Å². The van der Waals surface area contributed by atoms with Crippen LogP contribution >= 0.6 is 22.9 Å². The molecule has 0 aliphatic carbocycles. The number of carbonyl (C=O) groups is 1. The maximum absolute atomic E-state index is 12.0. The van der Waals surface area contributed by atoms with Crippen LogP contribution in [0.1, 0.15) is 16.1 Å². The van der Waals surface area contributed by atoms with Crippen molar-refractivity contribution >= 4 is 51.9 Å². The Morgan fingerprint density at radius 3 is 2.56 bits per heavy atom. The van der Waals surface area contributed by atoms with Crippen LogP contribution in [-0.4, -0.2) is 16.2 Å². The Hall–Kier alpha value is -2.70. The van der Waals surface area contributed by atoms with Crippen LogP contribution in [0.25, 0.3) is 12.2 Å². The van der Waals surface area contributed by atoms with Crippen molar-refractivity contribution in [3.05, 3.63) is 69.7 Å². The Bertz CT molecular complexity index is 905. The molecule has 0 radical (unpaired) electrons. The van der Waals surface area contributed by atoms with Crippen LogP contribution < -0.4 is 10.6 Å². The first-order valence-electron chi connectivity index (χ1n) is 7.51. The smallest absolute Gasteiger partial charge is 0.308 e. The van der Waals surface area contributed by atoms with Crippen molar-refractivity contribution in [1.82, 2.24) is 10.2 Å². The monoisotopic (exact) mass is 370 g/mol. The van der Waals surface area contributed by atoms with Gasteiger partial charge in [0.25, 0.3) is 0 Å². The fourth-order valence-corrected chi connectivity index (χ4v) is 2.86. The first kappa shape index (κ1) is 17.1. The molecule has 25 heavy (non-hydrogen) atoms. The number of urea groups is 1. The summed E-state index contributed by atoms with van der Waals surface area (Å²) in [5, 5.41) is 15.2. The van der Waals surface area contributed by atoms with E-state index in [9.17, 15) is 4.79 Å². The average Bonchev–Trinajstić information content (AvgIpc) is 3.03. The Morgan fingerprint density at radius 2 is 1.80 bits per heavy atom. The van der Waals surface area contributed by atoms with Gasteiger partial charge in [0.15, 0.2) is 0 Å². The Balaban J connectivity index is 1.60. The lowest BCUT2D eigenvalue weighted by molar-refractivity contribution is 0.262. The van der Waals surface area contributed by atoms with Gasteiger partial charge >= 0.3 is 6.03 Å². The van der Waals surface area contributed by atoms with Crippen LogP contribution in [0.4, 0.5) is 15.6 Å². The number of nitrogens with one attached hydrogen (secondary N) is 2. The summed E-state index contributed by atoms with van der Waals surface area (Å²) >= 11 is 7.38. The largest absolute Gasteiger partial charge is 0.325 e. The lowest BCUT2D eigenvalue weighted by atomic mass is 10.2. The SMILES string of the molecule is Cc1ccc(NC(=O)Nc2nnc(C=Cc3ccccc3Cl)s2)cc1. The normalized spacial score (nSPS) is 10.8. The molecule has 0 bridgehead atoms. The zero-order valence-electron chi connectivity index (χ0n) is 13.4. The third kappa shape index (κ3) is 4.89. The van der Waals surface area contributed by atoms with Gasteiger partial charge in [-0.25, -0.2) is 4.79 Å². The predicted octanol–water partition coefficient (Wildman–Crippen LogP) is 5.31. The molecule has 2 amide bonds. The van der Waals surface area contributed by atoms with Crippen LogP contribution in [0, 0.1) is 6.92 Å². The number of rotatable bonds is 4. The molecule has 3 rings (SSSR count). The minimum atomic E-state index is -0.360. The number of halogens is 1. The summed E-state index contributed by atoms with van der Waals surface area (Å²) < 4.78 is 0. The molecule has 0 aliphatic rings. The van der Waals surface area contributed by atoms with E-state index < -0.39 is 0 Å². The number of amides is 2. The summed E-state index contributed by atoms with van der Waals surface area (Å²) in [7, 11) is 0. The van der Waals surface area contributed by atoms with Crippen molar-refractivity contribution in [2.45, 2.75) is 6.92 Å². The number of benzene rings is 2. The number of hydrogen-bond donors (Lipinski definition) is 2. The topological polar surface area (TPSA) is 66.9 Å². The maximum atomic E-state index is 12.0. The molecular weight excluding hydrogens is 356 g/mol. The molecular formula is C18H15ClN4OS. The highest BCUT2D eigenvalue weighted by atomic mass is 35.5. The van der Waals surface area contributed by atoms with Crippen LogP contribution in [-0.2, 0) is 0 Å². The Labute approximate surface area is 154 Å². The van der Waals surface area contributed by atoms with Crippen LogP contribution in [0.2, 0.25) is 5.02 Å². The Kier molecular flexibility index (Phi) is 5.42. The van der Waals surface area contributed by atoms with Gasteiger partial charge < -0.3 is 5.32 Å². The first-order valence-corrected chi connectivity index (χ1v) is 8.70. The quantitative estimate of drug-likeness (QED) is 0.653. The predicted molar refractivity (Wildman–Crippen MR) is 104 cm³/mol. The van der Waals surface area contributed by atoms with E-state index >= 15 is 0 Å². The van der Waals surface area contributed by atoms with Gasteiger partial charge in [-0.05, 0) is 36.8 Å². The molecule has 126 valence electrons. The molecule has 0 saturated carbocycles. The molecule has 1 heterocycles. The van der Waals surface area contributed by atoms with E-state index in [1.165, 1.54) is 11.3 Å². The molecule has 0 spiro atoms. The highest BCUT2D eigenvalue weighted by Crippen LogP contribution is 2.21. The highest BCUT2D eigenvalue weighted by Gasteiger charge is 2.07. The number of aryl methyl sites for hydroxylation is 1. The number of hydrogen-bond acceptors (Lipinski definition) is 4. The minimum Gasteiger partial charge on any atom is -0.308 e. The van der Waals surface area contributed by atoms with E-state index in [-0.39, 0.29) is 6.03 Å². The van der Waals surface area contributed by atoms with E-state index in [4.69, 9.17) is 11.6 Å². The third-order valence-electron chi connectivity index (χ3n) is 3.28. The van der Waals surface area contributed by atoms with Crippen molar-refractivity contribution in [2.24, 2.45) is 0 Å². The van der Waals surface area contributed by atoms with Gasteiger partial charge in [0.05, 0.1) is 0 Å². The summed E-state index contributed by atoms with van der Waals surface area (Å²) in [5.74, 6) is 0. The van der Waals surface area contributed by atoms with E-state index in [0.29, 0.717) is 20.8 Å². The van der Waals surface area contributed by atoms with Crippen molar-refractivity contribution in [2.75, 3.05) is 10.6 Å². The van der Waals surface area contributed by atoms with E-state index in [2.05, 4.69) is 20.8 Å². The fraction of sp³-hybridized carbons (Fsp3) is 0.0556. The summed E-state index contributed by atoms with van der Waals surface area (Å²) in [6, 6.07) is 14.7. The number of aromatic nitrogens is 2. The maximum Gasteiger partial charge on any atom is 0.325 e. The molecule has 3 aromatic rings. The summed E-state index contributed by atoms with van der Waals surface area (Å²) in [4.78, 5) is 12.0. The standard InChI is InChI=1S/C18H15ClN4OS/c1-12-6-9-14(10-7-12)20-17(24)21-18-23-22-16(25-18)11-8-13-4-2-3-5-15(13)19/h2-11H,1H3,(H2,20,21,23,24). The van der Waals surface area contributed by atoms with E-state index in [1.54, 1.807) is 0 Å². The lowest BCUT2D eigenvalue weighted by Crippen LogP contribution is -2.19. The molecule has 2 aromatic carbocycles. The molecule has 2 N–H and O–H groups in total. The molecule has 0 atom stereocenters. The molecule has 5 nitrogen and oxygen atoms in total. The lowest BCUT2D eigenvalue weighted by Gasteiger charge is -2.04. The number of anilines is 2. The zero-order chi connectivity index (χ0) is 17.6. The highest BCUT2D eigenvalue weighted by molar-refractivity contribution is 7.16.